The summed E-state index contributed by atoms with van der Waals surface area (Å²) in [7, 11) is 0. The molecular weight excluding hydrogens is 480 g/mol. The summed E-state index contributed by atoms with van der Waals surface area (Å²) < 4.78 is 69.7. The van der Waals surface area contributed by atoms with Crippen molar-refractivity contribution in [3.8, 4) is 22.6 Å². The summed E-state index contributed by atoms with van der Waals surface area (Å²) in [5.74, 6) is -2.67. The predicted octanol–water partition coefficient (Wildman–Crippen LogP) is 9.35. The van der Waals surface area contributed by atoms with E-state index in [0.29, 0.717) is 29.4 Å². The minimum atomic E-state index is -1.03. The van der Waals surface area contributed by atoms with Crippen LogP contribution in [0, 0.1) is 29.2 Å². The fourth-order valence-electron chi connectivity index (χ4n) is 4.89. The molecule has 0 bridgehead atoms. The third kappa shape index (κ3) is 6.46. The van der Waals surface area contributed by atoms with Crippen molar-refractivity contribution in [3.05, 3.63) is 82.9 Å². The third-order valence-electron chi connectivity index (χ3n) is 7.26. The summed E-state index contributed by atoms with van der Waals surface area (Å²) in [5.41, 5.74) is 1.21. The van der Waals surface area contributed by atoms with E-state index in [2.05, 4.69) is 13.8 Å². The smallest absolute Gasteiger partial charge is 0.201 e. The van der Waals surface area contributed by atoms with Crippen LogP contribution in [0.3, 0.4) is 0 Å². The van der Waals surface area contributed by atoms with Gasteiger partial charge >= 0.3 is 0 Å². The highest BCUT2D eigenvalue weighted by Gasteiger charge is 2.25. The van der Waals surface area contributed by atoms with Crippen LogP contribution < -0.4 is 9.47 Å². The highest BCUT2D eigenvalue weighted by atomic mass is 19.2. The SMILES string of the molecule is CCCCCOc1ccc(COc2ccc(-c3ccc(C4CCC(C)CC4)c(F)c3F)cc2)c(F)c1F. The molecule has 0 aliphatic heterocycles. The molecule has 4 rings (SSSR count). The van der Waals surface area contributed by atoms with Crippen molar-refractivity contribution in [1.82, 2.24) is 0 Å². The van der Waals surface area contributed by atoms with Gasteiger partial charge in [-0.25, -0.2) is 13.2 Å². The van der Waals surface area contributed by atoms with Crippen molar-refractivity contribution >= 4 is 0 Å². The van der Waals surface area contributed by atoms with Crippen molar-refractivity contribution in [2.75, 3.05) is 6.61 Å². The van der Waals surface area contributed by atoms with E-state index in [1.54, 1.807) is 36.4 Å². The van der Waals surface area contributed by atoms with Crippen molar-refractivity contribution < 1.29 is 27.0 Å². The molecule has 0 amide bonds. The zero-order valence-corrected chi connectivity index (χ0v) is 21.5. The van der Waals surface area contributed by atoms with Crippen LogP contribution in [0.1, 0.15) is 75.8 Å². The van der Waals surface area contributed by atoms with Crippen LogP contribution in [0.5, 0.6) is 11.5 Å². The van der Waals surface area contributed by atoms with Crippen LogP contribution in [0.15, 0.2) is 48.5 Å². The van der Waals surface area contributed by atoms with Crippen molar-refractivity contribution in [2.45, 2.75) is 71.3 Å². The molecule has 0 aromatic heterocycles. The summed E-state index contributed by atoms with van der Waals surface area (Å²) >= 11 is 0. The highest BCUT2D eigenvalue weighted by Crippen LogP contribution is 2.39. The summed E-state index contributed by atoms with van der Waals surface area (Å²) in [6, 6.07) is 12.6. The van der Waals surface area contributed by atoms with E-state index in [0.717, 1.165) is 44.9 Å². The molecule has 1 aliphatic carbocycles. The zero-order valence-electron chi connectivity index (χ0n) is 21.5. The molecule has 37 heavy (non-hydrogen) atoms. The maximum atomic E-state index is 15.0. The van der Waals surface area contributed by atoms with Gasteiger partial charge in [-0.3, -0.25) is 0 Å². The number of halogens is 4. The predicted molar refractivity (Wildman–Crippen MR) is 138 cm³/mol. The second kappa shape index (κ2) is 12.5. The lowest BCUT2D eigenvalue weighted by Gasteiger charge is -2.27. The van der Waals surface area contributed by atoms with Gasteiger partial charge in [0.05, 0.1) is 6.61 Å². The van der Waals surface area contributed by atoms with E-state index in [-0.39, 0.29) is 29.4 Å². The third-order valence-corrected chi connectivity index (χ3v) is 7.26. The van der Waals surface area contributed by atoms with Crippen LogP contribution in [0.25, 0.3) is 11.1 Å². The van der Waals surface area contributed by atoms with Gasteiger partial charge in [-0.1, -0.05) is 63.8 Å². The largest absolute Gasteiger partial charge is 0.490 e. The monoisotopic (exact) mass is 514 g/mol. The fraction of sp³-hybridized carbons (Fsp3) is 0.419. The van der Waals surface area contributed by atoms with E-state index >= 15 is 0 Å². The Morgan fingerprint density at radius 3 is 2.16 bits per heavy atom. The Labute approximate surface area is 216 Å². The lowest BCUT2D eigenvalue weighted by Crippen LogP contribution is -2.13. The van der Waals surface area contributed by atoms with Gasteiger partial charge in [0.2, 0.25) is 5.82 Å². The molecule has 198 valence electrons. The molecule has 1 saturated carbocycles. The first-order chi connectivity index (χ1) is 17.9. The van der Waals surface area contributed by atoms with Gasteiger partial charge in [-0.2, -0.15) is 4.39 Å². The topological polar surface area (TPSA) is 18.5 Å². The first-order valence-corrected chi connectivity index (χ1v) is 13.2. The normalized spacial score (nSPS) is 17.6. The summed E-state index contributed by atoms with van der Waals surface area (Å²) in [4.78, 5) is 0. The van der Waals surface area contributed by atoms with Gasteiger partial charge in [0, 0.05) is 11.1 Å². The summed E-state index contributed by atoms with van der Waals surface area (Å²) in [5, 5.41) is 0. The standard InChI is InChI=1S/C31H34F4O2/c1-3-4-5-18-36-27-17-12-23(28(32)31(27)35)19-37-24-13-10-22(11-14-24)26-16-15-25(29(33)30(26)34)21-8-6-20(2)7-9-21/h10-17,20-21H,3-9,18-19H2,1-2H3. The number of benzene rings is 3. The average molecular weight is 515 g/mol. The van der Waals surface area contributed by atoms with Gasteiger partial charge in [-0.05, 0) is 66.5 Å². The molecule has 2 nitrogen and oxygen atoms in total. The van der Waals surface area contributed by atoms with Crippen LogP contribution >= 0.6 is 0 Å². The Morgan fingerprint density at radius 1 is 0.730 bits per heavy atom. The van der Waals surface area contributed by atoms with E-state index in [1.807, 2.05) is 0 Å². The molecule has 0 spiro atoms. The highest BCUT2D eigenvalue weighted by molar-refractivity contribution is 5.65. The molecular formula is C31H34F4O2. The molecule has 3 aromatic carbocycles. The molecule has 1 fully saturated rings. The van der Waals surface area contributed by atoms with Crippen LogP contribution in [0.4, 0.5) is 17.6 Å². The molecule has 3 aromatic rings. The quantitative estimate of drug-likeness (QED) is 0.198. The molecule has 0 radical (unpaired) electrons. The molecule has 0 heterocycles. The minimum absolute atomic E-state index is 0.0578. The van der Waals surface area contributed by atoms with E-state index in [1.165, 1.54) is 12.1 Å². The summed E-state index contributed by atoms with van der Waals surface area (Å²) in [6.45, 7) is 4.39. The van der Waals surface area contributed by atoms with Crippen LogP contribution in [-0.2, 0) is 6.61 Å². The number of unbranched alkanes of at least 4 members (excludes halogenated alkanes) is 2. The Morgan fingerprint density at radius 2 is 1.46 bits per heavy atom. The van der Waals surface area contributed by atoms with Crippen LogP contribution in [-0.4, -0.2) is 6.61 Å². The number of ether oxygens (including phenoxy) is 2. The maximum Gasteiger partial charge on any atom is 0.201 e. The number of rotatable bonds is 10. The van der Waals surface area contributed by atoms with Gasteiger partial charge in [0.25, 0.3) is 0 Å². The maximum absolute atomic E-state index is 15.0. The molecule has 1 aliphatic rings. The van der Waals surface area contributed by atoms with Gasteiger partial charge in [0.1, 0.15) is 12.4 Å². The molecule has 0 saturated heterocycles. The molecule has 6 heteroatoms. The molecule has 0 unspecified atom stereocenters. The van der Waals surface area contributed by atoms with Gasteiger partial charge in [0.15, 0.2) is 23.2 Å². The van der Waals surface area contributed by atoms with Gasteiger partial charge < -0.3 is 9.47 Å². The van der Waals surface area contributed by atoms with Gasteiger partial charge in [-0.15, -0.1) is 0 Å². The zero-order chi connectivity index (χ0) is 26.4. The van der Waals surface area contributed by atoms with Crippen molar-refractivity contribution in [1.29, 1.82) is 0 Å². The van der Waals surface area contributed by atoms with Crippen molar-refractivity contribution in [3.63, 3.8) is 0 Å². The lowest BCUT2D eigenvalue weighted by atomic mass is 9.79. The van der Waals surface area contributed by atoms with E-state index < -0.39 is 23.3 Å². The number of hydrogen-bond donors (Lipinski definition) is 0. The Hall–Kier alpha value is -3.02. The lowest BCUT2D eigenvalue weighted by molar-refractivity contribution is 0.277. The Bertz CT molecular complexity index is 1180. The van der Waals surface area contributed by atoms with E-state index in [4.69, 9.17) is 9.47 Å². The fourth-order valence-corrected chi connectivity index (χ4v) is 4.89. The average Bonchev–Trinajstić information content (AvgIpc) is 2.91. The second-order valence-electron chi connectivity index (χ2n) is 10.0. The minimum Gasteiger partial charge on any atom is -0.490 e. The first-order valence-electron chi connectivity index (χ1n) is 13.2. The van der Waals surface area contributed by atoms with E-state index in [9.17, 15) is 17.6 Å². The molecule has 0 N–H and O–H groups in total. The number of hydrogen-bond acceptors (Lipinski definition) is 2. The Balaban J connectivity index is 1.40. The molecule has 0 atom stereocenters. The first kappa shape index (κ1) is 27.0. The van der Waals surface area contributed by atoms with Crippen LogP contribution in [0.2, 0.25) is 0 Å². The van der Waals surface area contributed by atoms with Crippen molar-refractivity contribution in [2.24, 2.45) is 5.92 Å². The second-order valence-corrected chi connectivity index (χ2v) is 10.0. The summed E-state index contributed by atoms with van der Waals surface area (Å²) in [6.07, 6.45) is 6.56. The Kier molecular flexibility index (Phi) is 9.12.